The molecule has 2 heterocycles. The number of nitrogens with two attached hydrogens (primary N) is 1. The minimum absolute atomic E-state index is 0.0560. The van der Waals surface area contributed by atoms with Crippen LogP contribution in [0.15, 0.2) is 11.0 Å². The van der Waals surface area contributed by atoms with Crippen LogP contribution in [-0.4, -0.2) is 40.2 Å². The Morgan fingerprint density at radius 3 is 2.75 bits per heavy atom. The molecule has 0 radical (unpaired) electrons. The van der Waals surface area contributed by atoms with Crippen molar-refractivity contribution in [1.82, 2.24) is 9.55 Å². The Bertz CT molecular complexity index is 498. The van der Waals surface area contributed by atoms with Crippen LogP contribution in [0.1, 0.15) is 19.6 Å². The first-order valence-electron chi connectivity index (χ1n) is 5.95. The molecule has 0 bridgehead atoms. The SMILES string of the molecule is CCF.Nc1nc(=O)n(C2OC(CO)CC2F)cc1F. The predicted octanol–water partition coefficient (Wildman–Crippen LogP) is 0.558. The average molecular weight is 295 g/mol. The van der Waals surface area contributed by atoms with Gasteiger partial charge in [0, 0.05) is 6.42 Å². The maximum atomic E-state index is 13.5. The fourth-order valence-corrected chi connectivity index (χ4v) is 1.70. The van der Waals surface area contributed by atoms with E-state index in [0.29, 0.717) is 4.57 Å². The Labute approximate surface area is 113 Å². The number of alkyl halides is 2. The molecule has 1 aromatic rings. The van der Waals surface area contributed by atoms with Gasteiger partial charge in [0.1, 0.15) is 6.17 Å². The molecule has 1 aliphatic heterocycles. The number of halogens is 3. The molecule has 3 atom stereocenters. The lowest BCUT2D eigenvalue weighted by molar-refractivity contribution is -0.0397. The molecule has 0 spiro atoms. The number of anilines is 1. The first-order valence-corrected chi connectivity index (χ1v) is 5.95. The smallest absolute Gasteiger partial charge is 0.351 e. The lowest BCUT2D eigenvalue weighted by Gasteiger charge is -2.16. The summed E-state index contributed by atoms with van der Waals surface area (Å²) in [4.78, 5) is 14.6. The predicted molar refractivity (Wildman–Crippen MR) is 65.0 cm³/mol. The molecule has 0 aromatic carbocycles. The second-order valence-corrected chi connectivity index (χ2v) is 4.01. The van der Waals surface area contributed by atoms with E-state index in [9.17, 15) is 18.0 Å². The van der Waals surface area contributed by atoms with Crippen molar-refractivity contribution in [2.24, 2.45) is 0 Å². The molecule has 2 rings (SSSR count). The summed E-state index contributed by atoms with van der Waals surface area (Å²) in [6.45, 7) is 0.844. The van der Waals surface area contributed by atoms with Gasteiger partial charge in [0.15, 0.2) is 17.9 Å². The van der Waals surface area contributed by atoms with Gasteiger partial charge in [-0.3, -0.25) is 8.96 Å². The summed E-state index contributed by atoms with van der Waals surface area (Å²) in [6, 6.07) is 0. The van der Waals surface area contributed by atoms with Crippen molar-refractivity contribution in [1.29, 1.82) is 0 Å². The fraction of sp³-hybridized carbons (Fsp3) is 0.636. The van der Waals surface area contributed by atoms with E-state index < -0.39 is 35.8 Å². The molecule has 1 saturated heterocycles. The standard InChI is InChI=1S/C9H11F2N3O3.C2H5F/c10-5-1-4(3-15)17-8(5)14-2-6(11)7(12)13-9(14)16;1-2-3/h2,4-5,8,15H,1,3H2,(H2,12,13,16);2H2,1H3. The Kier molecular flexibility index (Phi) is 5.96. The van der Waals surface area contributed by atoms with Gasteiger partial charge in [-0.05, 0) is 6.92 Å². The summed E-state index contributed by atoms with van der Waals surface area (Å²) in [5.41, 5.74) is 4.21. The number of nitrogens with zero attached hydrogens (tertiary/aromatic N) is 2. The molecule has 0 amide bonds. The highest BCUT2D eigenvalue weighted by atomic mass is 19.1. The maximum Gasteiger partial charge on any atom is 0.351 e. The first-order chi connectivity index (χ1) is 9.44. The van der Waals surface area contributed by atoms with Crippen LogP contribution in [0, 0.1) is 5.82 Å². The first kappa shape index (κ1) is 16.4. The second kappa shape index (κ2) is 7.25. The van der Waals surface area contributed by atoms with Crippen molar-refractivity contribution in [3.63, 3.8) is 0 Å². The lowest BCUT2D eigenvalue weighted by Crippen LogP contribution is -2.31. The average Bonchev–Trinajstić information content (AvgIpc) is 2.76. The second-order valence-electron chi connectivity index (χ2n) is 4.01. The van der Waals surface area contributed by atoms with E-state index >= 15 is 0 Å². The van der Waals surface area contributed by atoms with Gasteiger partial charge in [-0.25, -0.2) is 13.6 Å². The van der Waals surface area contributed by atoms with E-state index in [2.05, 4.69) is 4.98 Å². The molecule has 0 saturated carbocycles. The number of aliphatic hydroxyl groups is 1. The number of nitrogen functional groups attached to an aromatic ring is 1. The summed E-state index contributed by atoms with van der Waals surface area (Å²) in [6.07, 6.45) is -2.79. The molecule has 9 heteroatoms. The molecule has 3 N–H and O–H groups in total. The van der Waals surface area contributed by atoms with E-state index in [1.165, 1.54) is 6.92 Å². The van der Waals surface area contributed by atoms with Crippen molar-refractivity contribution in [3.8, 4) is 0 Å². The number of hydrogen-bond acceptors (Lipinski definition) is 5. The van der Waals surface area contributed by atoms with Crippen molar-refractivity contribution in [3.05, 3.63) is 22.5 Å². The monoisotopic (exact) mass is 295 g/mol. The fourth-order valence-electron chi connectivity index (χ4n) is 1.70. The zero-order valence-corrected chi connectivity index (χ0v) is 10.8. The van der Waals surface area contributed by atoms with Gasteiger partial charge in [0.05, 0.1) is 25.6 Å². The van der Waals surface area contributed by atoms with E-state index in [1.54, 1.807) is 0 Å². The summed E-state index contributed by atoms with van der Waals surface area (Å²) >= 11 is 0. The number of hydrogen-bond donors (Lipinski definition) is 2. The Hall–Kier alpha value is -1.61. The van der Waals surface area contributed by atoms with Crippen molar-refractivity contribution < 1.29 is 23.0 Å². The zero-order chi connectivity index (χ0) is 15.3. The largest absolute Gasteiger partial charge is 0.394 e. The third-order valence-corrected chi connectivity index (χ3v) is 2.54. The summed E-state index contributed by atoms with van der Waals surface area (Å²) in [7, 11) is 0. The van der Waals surface area contributed by atoms with Crippen molar-refractivity contribution in [2.45, 2.75) is 31.8 Å². The van der Waals surface area contributed by atoms with E-state index in [0.717, 1.165) is 6.20 Å². The third kappa shape index (κ3) is 3.70. The number of aliphatic hydroxyl groups excluding tert-OH is 1. The number of ether oxygens (including phenoxy) is 1. The molecule has 114 valence electrons. The van der Waals surface area contributed by atoms with Crippen LogP contribution in [-0.2, 0) is 4.74 Å². The summed E-state index contributed by atoms with van der Waals surface area (Å²) < 4.78 is 42.8. The van der Waals surface area contributed by atoms with Crippen LogP contribution in [0.5, 0.6) is 0 Å². The van der Waals surface area contributed by atoms with Gasteiger partial charge in [-0.2, -0.15) is 4.98 Å². The Balaban J connectivity index is 0.000000612. The van der Waals surface area contributed by atoms with Gasteiger partial charge < -0.3 is 15.6 Å². The highest BCUT2D eigenvalue weighted by Crippen LogP contribution is 2.30. The normalized spacial score (nSPS) is 25.1. The molecule has 3 unspecified atom stereocenters. The minimum atomic E-state index is -1.50. The summed E-state index contributed by atoms with van der Waals surface area (Å²) in [5, 5.41) is 8.83. The van der Waals surface area contributed by atoms with Crippen LogP contribution in [0.4, 0.5) is 19.0 Å². The highest BCUT2D eigenvalue weighted by Gasteiger charge is 2.37. The zero-order valence-electron chi connectivity index (χ0n) is 10.8. The molecule has 1 aromatic heterocycles. The highest BCUT2D eigenvalue weighted by molar-refractivity contribution is 5.26. The summed E-state index contributed by atoms with van der Waals surface area (Å²) in [5.74, 6) is -1.47. The van der Waals surface area contributed by atoms with Gasteiger partial charge in [0.25, 0.3) is 0 Å². The topological polar surface area (TPSA) is 90.4 Å². The van der Waals surface area contributed by atoms with Crippen LogP contribution < -0.4 is 11.4 Å². The molecule has 6 nitrogen and oxygen atoms in total. The molecule has 1 fully saturated rings. The van der Waals surface area contributed by atoms with Crippen LogP contribution in [0.3, 0.4) is 0 Å². The molecular formula is C11H16F3N3O3. The number of rotatable bonds is 2. The van der Waals surface area contributed by atoms with Gasteiger partial charge >= 0.3 is 5.69 Å². The van der Waals surface area contributed by atoms with Gasteiger partial charge in [0.2, 0.25) is 0 Å². The van der Waals surface area contributed by atoms with Crippen LogP contribution in [0.25, 0.3) is 0 Å². The minimum Gasteiger partial charge on any atom is -0.394 e. The van der Waals surface area contributed by atoms with Crippen molar-refractivity contribution >= 4 is 5.82 Å². The van der Waals surface area contributed by atoms with E-state index in [4.69, 9.17) is 15.6 Å². The van der Waals surface area contributed by atoms with Crippen molar-refractivity contribution in [2.75, 3.05) is 19.0 Å². The van der Waals surface area contributed by atoms with Gasteiger partial charge in [-0.1, -0.05) is 0 Å². The lowest BCUT2D eigenvalue weighted by atomic mass is 10.2. The third-order valence-electron chi connectivity index (χ3n) is 2.54. The van der Waals surface area contributed by atoms with E-state index in [1.807, 2.05) is 0 Å². The Morgan fingerprint density at radius 1 is 1.65 bits per heavy atom. The maximum absolute atomic E-state index is 13.5. The number of aromatic nitrogens is 2. The molecule has 1 aliphatic rings. The molecule has 0 aliphatic carbocycles. The quantitative estimate of drug-likeness (QED) is 0.832. The van der Waals surface area contributed by atoms with E-state index in [-0.39, 0.29) is 19.7 Å². The van der Waals surface area contributed by atoms with Gasteiger partial charge in [-0.15, -0.1) is 0 Å². The molecule has 20 heavy (non-hydrogen) atoms. The Morgan fingerprint density at radius 2 is 2.25 bits per heavy atom. The van der Waals surface area contributed by atoms with Crippen LogP contribution in [0.2, 0.25) is 0 Å². The molecular weight excluding hydrogens is 279 g/mol. The van der Waals surface area contributed by atoms with Crippen LogP contribution >= 0.6 is 0 Å².